The lowest BCUT2D eigenvalue weighted by Gasteiger charge is -2.15. The van der Waals surface area contributed by atoms with Crippen molar-refractivity contribution < 1.29 is 9.09 Å². The molecule has 98 valence electrons. The molecule has 1 atom stereocenters. The van der Waals surface area contributed by atoms with Gasteiger partial charge in [-0.15, -0.1) is 0 Å². The molecular formula is C10H23O2PS3. The number of thioether (sulfide) groups is 1. The summed E-state index contributed by atoms with van der Waals surface area (Å²) in [5, 5.41) is 0.648. The van der Waals surface area contributed by atoms with Crippen molar-refractivity contribution in [2.75, 3.05) is 23.9 Å². The molecular weight excluding hydrogens is 279 g/mol. The first-order chi connectivity index (χ1) is 7.54. The zero-order valence-electron chi connectivity index (χ0n) is 10.6. The summed E-state index contributed by atoms with van der Waals surface area (Å²) in [4.78, 5) is 0. The van der Waals surface area contributed by atoms with Crippen LogP contribution in [0.5, 0.6) is 0 Å². The van der Waals surface area contributed by atoms with Crippen LogP contribution in [0.1, 0.15) is 34.1 Å². The summed E-state index contributed by atoms with van der Waals surface area (Å²) in [5.74, 6) is 0.404. The summed E-state index contributed by atoms with van der Waals surface area (Å²) in [7, 11) is 0. The van der Waals surface area contributed by atoms with Crippen LogP contribution in [-0.2, 0) is 9.09 Å². The van der Waals surface area contributed by atoms with Gasteiger partial charge >= 0.3 is 5.77 Å². The molecule has 16 heavy (non-hydrogen) atoms. The van der Waals surface area contributed by atoms with E-state index in [-0.39, 0.29) is 0 Å². The van der Waals surface area contributed by atoms with Gasteiger partial charge in [0.2, 0.25) is 0 Å². The third kappa shape index (κ3) is 9.29. The van der Waals surface area contributed by atoms with Gasteiger partial charge in [-0.3, -0.25) is 4.57 Å². The highest BCUT2D eigenvalue weighted by molar-refractivity contribution is 8.89. The largest absolute Gasteiger partial charge is 0.314 e. The SMILES string of the molecule is CCCSP(=O)(OCC)SCCSC(C)C. The molecule has 1 unspecified atom stereocenters. The van der Waals surface area contributed by atoms with Gasteiger partial charge in [-0.2, -0.15) is 11.8 Å². The Kier molecular flexibility index (Phi) is 11.0. The van der Waals surface area contributed by atoms with Crippen LogP contribution in [0.25, 0.3) is 0 Å². The molecule has 0 N–H and O–H groups in total. The van der Waals surface area contributed by atoms with Gasteiger partial charge in [-0.1, -0.05) is 43.5 Å². The monoisotopic (exact) mass is 302 g/mol. The smallest absolute Gasteiger partial charge is 0.313 e. The molecule has 0 radical (unpaired) electrons. The van der Waals surface area contributed by atoms with Gasteiger partial charge in [0.25, 0.3) is 0 Å². The Hall–Kier alpha value is 1.24. The molecule has 0 amide bonds. The molecule has 6 heteroatoms. The fraction of sp³-hybridized carbons (Fsp3) is 1.00. The third-order valence-corrected chi connectivity index (χ3v) is 10.6. The van der Waals surface area contributed by atoms with Gasteiger partial charge in [0.1, 0.15) is 0 Å². The van der Waals surface area contributed by atoms with E-state index in [0.717, 1.165) is 23.7 Å². The van der Waals surface area contributed by atoms with Crippen LogP contribution in [0.15, 0.2) is 0 Å². The van der Waals surface area contributed by atoms with Gasteiger partial charge in [0, 0.05) is 17.3 Å². The minimum atomic E-state index is -2.48. The van der Waals surface area contributed by atoms with Crippen molar-refractivity contribution in [2.24, 2.45) is 0 Å². The van der Waals surface area contributed by atoms with Crippen molar-refractivity contribution in [2.45, 2.75) is 39.4 Å². The van der Waals surface area contributed by atoms with Gasteiger partial charge in [-0.05, 0) is 18.6 Å². The number of hydrogen-bond donors (Lipinski definition) is 0. The first kappa shape index (κ1) is 17.2. The zero-order chi connectivity index (χ0) is 12.4. The van der Waals surface area contributed by atoms with E-state index < -0.39 is 5.77 Å². The third-order valence-electron chi connectivity index (χ3n) is 1.52. The van der Waals surface area contributed by atoms with Crippen LogP contribution in [0.4, 0.5) is 0 Å². The topological polar surface area (TPSA) is 26.3 Å². The van der Waals surface area contributed by atoms with Crippen LogP contribution in [0.3, 0.4) is 0 Å². The van der Waals surface area contributed by atoms with E-state index in [2.05, 4.69) is 20.8 Å². The summed E-state index contributed by atoms with van der Waals surface area (Å²) < 4.78 is 17.7. The molecule has 0 rings (SSSR count). The maximum Gasteiger partial charge on any atom is 0.313 e. The van der Waals surface area contributed by atoms with Crippen LogP contribution in [0.2, 0.25) is 0 Å². The molecule has 0 heterocycles. The summed E-state index contributed by atoms with van der Waals surface area (Å²) in [6.07, 6.45) is 1.04. The lowest BCUT2D eigenvalue weighted by Crippen LogP contribution is -1.93. The van der Waals surface area contributed by atoms with Gasteiger partial charge in [0.15, 0.2) is 0 Å². The average Bonchev–Trinajstić information content (AvgIpc) is 2.22. The summed E-state index contributed by atoms with van der Waals surface area (Å²) >= 11 is 4.91. The normalized spacial score (nSPS) is 15.3. The first-order valence-corrected chi connectivity index (χ1v) is 11.5. The molecule has 0 aliphatic carbocycles. The molecule has 2 nitrogen and oxygen atoms in total. The quantitative estimate of drug-likeness (QED) is 0.411. The fourth-order valence-corrected chi connectivity index (χ4v) is 9.11. The van der Waals surface area contributed by atoms with Gasteiger partial charge < -0.3 is 4.52 Å². The first-order valence-electron chi connectivity index (χ1n) is 5.69. The maximum atomic E-state index is 12.3. The van der Waals surface area contributed by atoms with Crippen molar-refractivity contribution in [1.29, 1.82) is 0 Å². The Morgan fingerprint density at radius 3 is 2.25 bits per heavy atom. The molecule has 0 bridgehead atoms. The lowest BCUT2D eigenvalue weighted by molar-refractivity contribution is 0.357. The summed E-state index contributed by atoms with van der Waals surface area (Å²) in [6.45, 7) is 8.91. The summed E-state index contributed by atoms with van der Waals surface area (Å²) in [5.41, 5.74) is 0. The highest BCUT2D eigenvalue weighted by Crippen LogP contribution is 2.69. The van der Waals surface area contributed by atoms with Crippen LogP contribution < -0.4 is 0 Å². The van der Waals surface area contributed by atoms with Crippen molar-refractivity contribution in [3.05, 3.63) is 0 Å². The Morgan fingerprint density at radius 2 is 1.75 bits per heavy atom. The highest BCUT2D eigenvalue weighted by atomic mass is 33.1. The minimum absolute atomic E-state index is 0.540. The van der Waals surface area contributed by atoms with Crippen LogP contribution in [0, 0.1) is 0 Å². The average molecular weight is 302 g/mol. The minimum Gasteiger partial charge on any atom is -0.314 e. The molecule has 0 aliphatic rings. The molecule has 0 saturated carbocycles. The van der Waals surface area contributed by atoms with E-state index in [1.54, 1.807) is 0 Å². The van der Waals surface area contributed by atoms with E-state index in [9.17, 15) is 4.57 Å². The number of rotatable bonds is 10. The maximum absolute atomic E-state index is 12.3. The Morgan fingerprint density at radius 1 is 1.12 bits per heavy atom. The van der Waals surface area contributed by atoms with Crippen LogP contribution in [-0.4, -0.2) is 29.1 Å². The molecule has 0 aromatic carbocycles. The number of hydrogen-bond acceptors (Lipinski definition) is 5. The van der Waals surface area contributed by atoms with Crippen molar-refractivity contribution in [1.82, 2.24) is 0 Å². The second-order valence-electron chi connectivity index (χ2n) is 3.45. The molecule has 0 aromatic rings. The summed E-state index contributed by atoms with van der Waals surface area (Å²) in [6, 6.07) is 0. The Labute approximate surface area is 112 Å². The predicted octanol–water partition coefficient (Wildman–Crippen LogP) is 5.15. The fourth-order valence-electron chi connectivity index (χ4n) is 0.906. The van der Waals surface area contributed by atoms with E-state index in [1.165, 1.54) is 22.8 Å². The van der Waals surface area contributed by atoms with E-state index in [4.69, 9.17) is 4.52 Å². The second-order valence-corrected chi connectivity index (χ2v) is 12.7. The van der Waals surface area contributed by atoms with Crippen molar-refractivity contribution in [3.8, 4) is 0 Å². The van der Waals surface area contributed by atoms with Crippen molar-refractivity contribution in [3.63, 3.8) is 0 Å². The van der Waals surface area contributed by atoms with E-state index >= 15 is 0 Å². The molecule has 0 spiro atoms. The molecule has 0 aromatic heterocycles. The predicted molar refractivity (Wildman–Crippen MR) is 82.0 cm³/mol. The highest BCUT2D eigenvalue weighted by Gasteiger charge is 2.23. The van der Waals surface area contributed by atoms with Gasteiger partial charge in [0.05, 0.1) is 6.61 Å². The molecule has 0 aliphatic heterocycles. The van der Waals surface area contributed by atoms with E-state index in [0.29, 0.717) is 11.9 Å². The van der Waals surface area contributed by atoms with Crippen molar-refractivity contribution >= 4 is 40.3 Å². The Balaban J connectivity index is 3.87. The lowest BCUT2D eigenvalue weighted by atomic mass is 10.6. The standard InChI is InChI=1S/C10H23O2PS3/c1-5-7-15-13(11,12-6-2)16-9-8-14-10(3)4/h10H,5-9H2,1-4H3. The van der Waals surface area contributed by atoms with E-state index in [1.807, 2.05) is 18.7 Å². The van der Waals surface area contributed by atoms with Gasteiger partial charge in [-0.25, -0.2) is 0 Å². The Bertz CT molecular complexity index is 212. The molecule has 0 fully saturated rings. The molecule has 0 saturated heterocycles. The van der Waals surface area contributed by atoms with Crippen LogP contribution >= 0.6 is 40.3 Å². The second kappa shape index (κ2) is 10.2. The zero-order valence-corrected chi connectivity index (χ0v) is 13.9.